The molecule has 10 heavy (non-hydrogen) atoms. The second-order valence-electron chi connectivity index (χ2n) is 1.61. The monoisotopic (exact) mass is 169 g/mol. The molecule has 0 rings (SSSR count). The normalized spacial score (nSPS) is 12.4. The van der Waals surface area contributed by atoms with Crippen molar-refractivity contribution >= 4 is 10.0 Å². The van der Waals surface area contributed by atoms with Crippen LogP contribution < -0.4 is 5.14 Å². The van der Waals surface area contributed by atoms with E-state index in [1.165, 1.54) is 0 Å². The third-order valence-electron chi connectivity index (χ3n) is 0.762. The molecule has 0 aliphatic heterocycles. The summed E-state index contributed by atoms with van der Waals surface area (Å²) in [7, 11) is -2.40. The first-order valence-corrected chi connectivity index (χ1v) is 4.16. The number of hydrogen-bond acceptors (Lipinski definition) is 5. The standard InChI is InChI=1S/C3H9N2O4S/c1-9-5(6)2-3-10(4,7)8/h2-3H2,1H3,(H2,4,7,8)/q-1. The van der Waals surface area contributed by atoms with Gasteiger partial charge in [-0.05, 0) is 0 Å². The summed E-state index contributed by atoms with van der Waals surface area (Å²) in [5.74, 6) is -0.398. The second kappa shape index (κ2) is 3.84. The SMILES string of the molecule is CON([O-])CCS(N)(=O)=O. The maximum atomic E-state index is 10.2. The molecule has 0 bridgehead atoms. The van der Waals surface area contributed by atoms with Gasteiger partial charge in [0.05, 0.1) is 12.9 Å². The third-order valence-corrected chi connectivity index (χ3v) is 1.51. The Bertz CT molecular complexity index is 177. The lowest BCUT2D eigenvalue weighted by atomic mass is 10.8. The summed E-state index contributed by atoms with van der Waals surface area (Å²) < 4.78 is 20.4. The molecule has 0 fully saturated rings. The molecule has 0 saturated heterocycles. The number of hydroxylamine groups is 2. The summed E-state index contributed by atoms with van der Waals surface area (Å²) in [5.41, 5.74) is 0. The molecule has 0 heterocycles. The minimum Gasteiger partial charge on any atom is -0.762 e. The molecular formula is C3H9N2O4S-. The molecule has 0 aliphatic carbocycles. The van der Waals surface area contributed by atoms with E-state index in [4.69, 9.17) is 0 Å². The van der Waals surface area contributed by atoms with Crippen LogP contribution in [0.3, 0.4) is 0 Å². The van der Waals surface area contributed by atoms with Crippen molar-refractivity contribution in [1.82, 2.24) is 5.23 Å². The van der Waals surface area contributed by atoms with Gasteiger partial charge in [-0.1, -0.05) is 0 Å². The first-order valence-electron chi connectivity index (χ1n) is 2.45. The highest BCUT2D eigenvalue weighted by atomic mass is 32.2. The predicted octanol–water partition coefficient (Wildman–Crippen LogP) is -1.36. The number of rotatable bonds is 4. The summed E-state index contributed by atoms with van der Waals surface area (Å²) in [6, 6.07) is 0. The number of nitrogens with two attached hydrogens (primary N) is 1. The van der Waals surface area contributed by atoms with Crippen LogP contribution in [0.5, 0.6) is 0 Å². The maximum Gasteiger partial charge on any atom is 0.210 e. The number of nitrogens with zero attached hydrogens (tertiary/aromatic N) is 1. The van der Waals surface area contributed by atoms with Crippen molar-refractivity contribution in [1.29, 1.82) is 0 Å². The Morgan fingerprint density at radius 1 is 1.70 bits per heavy atom. The van der Waals surface area contributed by atoms with E-state index in [1.807, 2.05) is 0 Å². The quantitative estimate of drug-likeness (QED) is 0.524. The summed E-state index contributed by atoms with van der Waals surface area (Å²) in [6.07, 6.45) is 0. The molecule has 0 amide bonds. The Hall–Kier alpha value is -0.210. The van der Waals surface area contributed by atoms with Crippen molar-refractivity contribution in [3.8, 4) is 0 Å². The van der Waals surface area contributed by atoms with Gasteiger partial charge in [0, 0.05) is 6.54 Å². The fourth-order valence-electron chi connectivity index (χ4n) is 0.293. The lowest BCUT2D eigenvalue weighted by Crippen LogP contribution is -2.27. The molecule has 2 N–H and O–H groups in total. The van der Waals surface area contributed by atoms with E-state index < -0.39 is 15.8 Å². The summed E-state index contributed by atoms with van der Waals surface area (Å²) in [4.78, 5) is 4.10. The van der Waals surface area contributed by atoms with E-state index in [0.717, 1.165) is 7.11 Å². The highest BCUT2D eigenvalue weighted by Gasteiger charge is 2.01. The Morgan fingerprint density at radius 2 is 2.20 bits per heavy atom. The Balaban J connectivity index is 3.56. The van der Waals surface area contributed by atoms with E-state index >= 15 is 0 Å². The van der Waals surface area contributed by atoms with E-state index in [1.54, 1.807) is 0 Å². The molecule has 0 aromatic rings. The van der Waals surface area contributed by atoms with Crippen LogP contribution in [0, 0.1) is 5.21 Å². The minimum atomic E-state index is -3.55. The molecule has 0 radical (unpaired) electrons. The Morgan fingerprint density at radius 3 is 2.50 bits per heavy atom. The van der Waals surface area contributed by atoms with Crippen molar-refractivity contribution in [3.63, 3.8) is 0 Å². The van der Waals surface area contributed by atoms with Gasteiger partial charge in [0.2, 0.25) is 10.0 Å². The van der Waals surface area contributed by atoms with Gasteiger partial charge in [0.15, 0.2) is 0 Å². The molecule has 0 spiro atoms. The first-order chi connectivity index (χ1) is 4.45. The van der Waals surface area contributed by atoms with Gasteiger partial charge in [0.25, 0.3) is 0 Å². The van der Waals surface area contributed by atoms with Gasteiger partial charge in [0.1, 0.15) is 0 Å². The van der Waals surface area contributed by atoms with Crippen LogP contribution in [-0.2, 0) is 14.9 Å². The van der Waals surface area contributed by atoms with E-state index in [0.29, 0.717) is 0 Å². The highest BCUT2D eigenvalue weighted by molar-refractivity contribution is 7.89. The second-order valence-corrected chi connectivity index (χ2v) is 3.34. The highest BCUT2D eigenvalue weighted by Crippen LogP contribution is 1.84. The van der Waals surface area contributed by atoms with Gasteiger partial charge in [-0.25, -0.2) is 13.6 Å². The predicted molar refractivity (Wildman–Crippen MR) is 35.1 cm³/mol. The lowest BCUT2D eigenvalue weighted by Gasteiger charge is -2.23. The van der Waals surface area contributed by atoms with Crippen LogP contribution in [0.2, 0.25) is 0 Å². The topological polar surface area (TPSA) is 95.7 Å². The zero-order chi connectivity index (χ0) is 8.20. The van der Waals surface area contributed by atoms with Crippen LogP contribution in [0.25, 0.3) is 0 Å². The average molecular weight is 169 g/mol. The smallest absolute Gasteiger partial charge is 0.210 e. The summed E-state index contributed by atoms with van der Waals surface area (Å²) in [6.45, 7) is -0.269. The molecule has 0 unspecified atom stereocenters. The van der Waals surface area contributed by atoms with Crippen molar-refractivity contribution in [3.05, 3.63) is 5.21 Å². The van der Waals surface area contributed by atoms with Crippen molar-refractivity contribution < 1.29 is 13.3 Å². The minimum absolute atomic E-state index is 0.143. The zero-order valence-electron chi connectivity index (χ0n) is 5.48. The van der Waals surface area contributed by atoms with Gasteiger partial charge < -0.3 is 10.0 Å². The fourth-order valence-corrected chi connectivity index (χ4v) is 0.697. The van der Waals surface area contributed by atoms with E-state index in [2.05, 4.69) is 9.98 Å². The van der Waals surface area contributed by atoms with Crippen LogP contribution in [0.1, 0.15) is 0 Å². The number of primary sulfonamides is 1. The van der Waals surface area contributed by atoms with Gasteiger partial charge in [-0.2, -0.15) is 0 Å². The largest absolute Gasteiger partial charge is 0.762 e. The molecule has 0 saturated carbocycles. The lowest BCUT2D eigenvalue weighted by molar-refractivity contribution is -0.0825. The van der Waals surface area contributed by atoms with Crippen LogP contribution in [0.4, 0.5) is 0 Å². The fraction of sp³-hybridized carbons (Fsp3) is 1.00. The van der Waals surface area contributed by atoms with Crippen molar-refractivity contribution in [2.24, 2.45) is 5.14 Å². The molecule has 0 aliphatic rings. The maximum absolute atomic E-state index is 10.2. The first kappa shape index (κ1) is 9.79. The third kappa shape index (κ3) is 5.92. The molecule has 0 atom stereocenters. The van der Waals surface area contributed by atoms with E-state index in [9.17, 15) is 13.6 Å². The number of sulfonamides is 1. The van der Waals surface area contributed by atoms with Crippen molar-refractivity contribution in [2.75, 3.05) is 19.4 Å². The molecule has 6 nitrogen and oxygen atoms in total. The summed E-state index contributed by atoms with van der Waals surface area (Å²) >= 11 is 0. The summed E-state index contributed by atoms with van der Waals surface area (Å²) in [5, 5.41) is 15.0. The molecular weight excluding hydrogens is 160 g/mol. The van der Waals surface area contributed by atoms with Gasteiger partial charge in [-0.3, -0.25) is 5.23 Å². The Kier molecular flexibility index (Phi) is 3.76. The van der Waals surface area contributed by atoms with Crippen LogP contribution in [-0.4, -0.2) is 33.1 Å². The van der Waals surface area contributed by atoms with Crippen LogP contribution in [0.15, 0.2) is 0 Å². The number of hydrogen-bond donors (Lipinski definition) is 1. The van der Waals surface area contributed by atoms with Gasteiger partial charge >= 0.3 is 0 Å². The van der Waals surface area contributed by atoms with E-state index in [-0.39, 0.29) is 11.8 Å². The molecule has 0 aromatic heterocycles. The van der Waals surface area contributed by atoms with Crippen molar-refractivity contribution in [2.45, 2.75) is 0 Å². The average Bonchev–Trinajstić information content (AvgIpc) is 1.81. The zero-order valence-corrected chi connectivity index (χ0v) is 6.30. The molecule has 7 heteroatoms. The molecule has 0 aromatic carbocycles. The molecule has 62 valence electrons. The van der Waals surface area contributed by atoms with Crippen LogP contribution >= 0.6 is 0 Å². The van der Waals surface area contributed by atoms with Gasteiger partial charge in [-0.15, -0.1) is 0 Å². The Labute approximate surface area is 59.1 Å².